The molecule has 1 aliphatic heterocycles. The Labute approximate surface area is 216 Å². The van der Waals surface area contributed by atoms with Crippen molar-refractivity contribution in [3.63, 3.8) is 0 Å². The highest BCUT2D eigenvalue weighted by Crippen LogP contribution is 2.45. The number of ether oxygens (including phenoxy) is 2. The number of aliphatic hydroxyl groups excluding tert-OH is 1. The number of anilines is 1. The summed E-state index contributed by atoms with van der Waals surface area (Å²) >= 11 is 0. The van der Waals surface area contributed by atoms with E-state index in [9.17, 15) is 19.8 Å². The molecule has 1 saturated heterocycles. The van der Waals surface area contributed by atoms with E-state index in [1.54, 1.807) is 54.6 Å². The number of amides is 1. The van der Waals surface area contributed by atoms with Crippen LogP contribution in [-0.2, 0) is 15.0 Å². The minimum absolute atomic E-state index is 0.0410. The van der Waals surface area contributed by atoms with E-state index in [-0.39, 0.29) is 22.5 Å². The maximum absolute atomic E-state index is 13.5. The van der Waals surface area contributed by atoms with Crippen molar-refractivity contribution in [1.82, 2.24) is 0 Å². The van der Waals surface area contributed by atoms with Gasteiger partial charge in [0.1, 0.15) is 23.0 Å². The van der Waals surface area contributed by atoms with Gasteiger partial charge in [-0.25, -0.2) is 0 Å². The first kappa shape index (κ1) is 25.8. The van der Waals surface area contributed by atoms with E-state index in [1.165, 1.54) is 24.1 Å². The van der Waals surface area contributed by atoms with Crippen LogP contribution >= 0.6 is 0 Å². The summed E-state index contributed by atoms with van der Waals surface area (Å²) in [7, 11) is 1.49. The van der Waals surface area contributed by atoms with Gasteiger partial charge in [0, 0.05) is 11.1 Å². The molecule has 7 nitrogen and oxygen atoms in total. The van der Waals surface area contributed by atoms with Gasteiger partial charge in [-0.05, 0) is 60.4 Å². The third-order valence-corrected chi connectivity index (χ3v) is 6.36. The largest absolute Gasteiger partial charge is 0.508 e. The van der Waals surface area contributed by atoms with E-state index in [4.69, 9.17) is 9.47 Å². The summed E-state index contributed by atoms with van der Waals surface area (Å²) in [5.74, 6) is -0.749. The second-order valence-corrected chi connectivity index (χ2v) is 9.83. The van der Waals surface area contributed by atoms with Crippen molar-refractivity contribution in [2.75, 3.05) is 18.6 Å². The van der Waals surface area contributed by atoms with Gasteiger partial charge in [-0.1, -0.05) is 45.0 Å². The molecule has 0 spiro atoms. The van der Waals surface area contributed by atoms with E-state index < -0.39 is 17.7 Å². The van der Waals surface area contributed by atoms with Crippen molar-refractivity contribution in [3.05, 3.63) is 89.0 Å². The third-order valence-electron chi connectivity index (χ3n) is 6.36. The summed E-state index contributed by atoms with van der Waals surface area (Å²) in [6.07, 6.45) is 0. The van der Waals surface area contributed by atoms with Crippen molar-refractivity contribution in [2.24, 2.45) is 0 Å². The van der Waals surface area contributed by atoms with Crippen LogP contribution in [0.3, 0.4) is 0 Å². The number of benzene rings is 3. The van der Waals surface area contributed by atoms with Gasteiger partial charge >= 0.3 is 0 Å². The molecule has 1 fully saturated rings. The summed E-state index contributed by atoms with van der Waals surface area (Å²) < 4.78 is 11.3. The molecule has 2 N–H and O–H groups in total. The average Bonchev–Trinajstić information content (AvgIpc) is 3.14. The lowest BCUT2D eigenvalue weighted by atomic mass is 9.84. The molecule has 0 radical (unpaired) electrons. The second kappa shape index (κ2) is 10.0. The summed E-state index contributed by atoms with van der Waals surface area (Å²) in [5.41, 5.74) is 1.85. The van der Waals surface area contributed by atoms with Gasteiger partial charge in [0.25, 0.3) is 11.7 Å². The van der Waals surface area contributed by atoms with Crippen LogP contribution in [0.2, 0.25) is 0 Å². The van der Waals surface area contributed by atoms with Gasteiger partial charge in [0.05, 0.1) is 31.0 Å². The molecular formula is C30H31NO6. The summed E-state index contributed by atoms with van der Waals surface area (Å²) in [4.78, 5) is 28.3. The molecule has 4 rings (SSSR count). The molecule has 1 amide bonds. The number of carbonyl (C=O) groups excluding carboxylic acids is 2. The van der Waals surface area contributed by atoms with Gasteiger partial charge in [0.15, 0.2) is 0 Å². The SMILES string of the molecule is CCOc1ccc(/C(O)=C2/C(=O)C(=O)N(c3ccccc3OC)C2c2ccc(O)cc2)cc1C(C)(C)C. The fourth-order valence-electron chi connectivity index (χ4n) is 4.58. The maximum atomic E-state index is 13.5. The second-order valence-electron chi connectivity index (χ2n) is 9.83. The number of nitrogens with zero attached hydrogens (tertiary/aromatic N) is 1. The van der Waals surface area contributed by atoms with Crippen molar-refractivity contribution in [3.8, 4) is 17.2 Å². The van der Waals surface area contributed by atoms with Crippen LogP contribution in [-0.4, -0.2) is 35.6 Å². The Balaban J connectivity index is 1.97. The number of ketones is 1. The minimum atomic E-state index is -0.943. The van der Waals surface area contributed by atoms with Crippen molar-refractivity contribution in [2.45, 2.75) is 39.2 Å². The number of aliphatic hydroxyl groups is 1. The molecule has 0 saturated carbocycles. The summed E-state index contributed by atoms with van der Waals surface area (Å²) in [5, 5.41) is 21.4. The third kappa shape index (κ3) is 4.77. The number of aromatic hydroxyl groups is 1. The van der Waals surface area contributed by atoms with Crippen LogP contribution in [0, 0.1) is 0 Å². The highest BCUT2D eigenvalue weighted by atomic mass is 16.5. The Morgan fingerprint density at radius 1 is 0.973 bits per heavy atom. The van der Waals surface area contributed by atoms with Crippen molar-refractivity contribution >= 4 is 23.1 Å². The van der Waals surface area contributed by atoms with Crippen LogP contribution in [0.5, 0.6) is 17.2 Å². The number of carbonyl (C=O) groups is 2. The van der Waals surface area contributed by atoms with Crippen molar-refractivity contribution < 1.29 is 29.3 Å². The van der Waals surface area contributed by atoms with Gasteiger partial charge in [0.2, 0.25) is 0 Å². The zero-order chi connectivity index (χ0) is 26.9. The lowest BCUT2D eigenvalue weighted by Crippen LogP contribution is -2.29. The van der Waals surface area contributed by atoms with Gasteiger partial charge in [-0.15, -0.1) is 0 Å². The number of hydrogen-bond donors (Lipinski definition) is 2. The molecule has 37 heavy (non-hydrogen) atoms. The predicted molar refractivity (Wildman–Crippen MR) is 142 cm³/mol. The Morgan fingerprint density at radius 3 is 2.27 bits per heavy atom. The molecule has 3 aromatic carbocycles. The number of phenols is 1. The molecule has 0 aliphatic carbocycles. The van der Waals surface area contributed by atoms with Gasteiger partial charge < -0.3 is 19.7 Å². The number of phenolic OH excluding ortho intramolecular Hbond substituents is 1. The van der Waals surface area contributed by atoms with Crippen molar-refractivity contribution in [1.29, 1.82) is 0 Å². The molecule has 1 heterocycles. The molecule has 1 aliphatic rings. The lowest BCUT2D eigenvalue weighted by molar-refractivity contribution is -0.132. The van der Waals surface area contributed by atoms with Gasteiger partial charge in [-0.2, -0.15) is 0 Å². The van der Waals surface area contributed by atoms with E-state index >= 15 is 0 Å². The molecule has 7 heteroatoms. The maximum Gasteiger partial charge on any atom is 0.300 e. The Morgan fingerprint density at radius 2 is 1.65 bits per heavy atom. The number of hydrogen-bond acceptors (Lipinski definition) is 6. The molecule has 3 aromatic rings. The van der Waals surface area contributed by atoms with E-state index in [0.29, 0.717) is 34.9 Å². The lowest BCUT2D eigenvalue weighted by Gasteiger charge is -2.27. The van der Waals surface area contributed by atoms with E-state index in [2.05, 4.69) is 0 Å². The molecule has 0 aromatic heterocycles. The smallest absolute Gasteiger partial charge is 0.300 e. The van der Waals surface area contributed by atoms with Crippen LogP contribution in [0.1, 0.15) is 50.4 Å². The first-order chi connectivity index (χ1) is 17.6. The predicted octanol–water partition coefficient (Wildman–Crippen LogP) is 5.72. The first-order valence-electron chi connectivity index (χ1n) is 12.1. The fraction of sp³-hybridized carbons (Fsp3) is 0.267. The minimum Gasteiger partial charge on any atom is -0.508 e. The van der Waals surface area contributed by atoms with E-state index in [1.807, 2.05) is 27.7 Å². The Bertz CT molecular complexity index is 1370. The standard InChI is InChI=1S/C30H31NO6/c1-6-37-23-16-13-19(17-21(23)30(2,3)4)27(33)25-26(18-11-14-20(32)15-12-18)31(29(35)28(25)34)22-9-7-8-10-24(22)36-5/h7-17,26,32-33H,6H2,1-5H3/b27-25-. The Hall–Kier alpha value is -4.26. The van der Waals surface area contributed by atoms with Crippen LogP contribution in [0.15, 0.2) is 72.3 Å². The molecule has 1 unspecified atom stereocenters. The first-order valence-corrected chi connectivity index (χ1v) is 12.1. The molecular weight excluding hydrogens is 470 g/mol. The fourth-order valence-corrected chi connectivity index (χ4v) is 4.58. The highest BCUT2D eigenvalue weighted by molar-refractivity contribution is 6.52. The highest BCUT2D eigenvalue weighted by Gasteiger charge is 2.47. The quantitative estimate of drug-likeness (QED) is 0.255. The van der Waals surface area contributed by atoms with Crippen LogP contribution < -0.4 is 14.4 Å². The Kier molecular flexibility index (Phi) is 6.99. The van der Waals surface area contributed by atoms with Crippen LogP contribution in [0.4, 0.5) is 5.69 Å². The molecule has 192 valence electrons. The number of methoxy groups -OCH3 is 1. The van der Waals surface area contributed by atoms with Crippen LogP contribution in [0.25, 0.3) is 5.76 Å². The van der Waals surface area contributed by atoms with E-state index in [0.717, 1.165) is 5.56 Å². The van der Waals surface area contributed by atoms with Gasteiger partial charge in [-0.3, -0.25) is 14.5 Å². The topological polar surface area (TPSA) is 96.3 Å². The summed E-state index contributed by atoms with van der Waals surface area (Å²) in [6.45, 7) is 8.49. The average molecular weight is 502 g/mol. The zero-order valence-corrected chi connectivity index (χ0v) is 21.6. The monoisotopic (exact) mass is 501 g/mol. The summed E-state index contributed by atoms with van der Waals surface area (Å²) in [6, 6.07) is 17.4. The molecule has 1 atom stereocenters. The number of rotatable bonds is 6. The number of Topliss-reactive ketones (excluding diaryl/α,β-unsaturated/α-hetero) is 1. The normalized spacial score (nSPS) is 17.2. The number of para-hydroxylation sites is 2. The zero-order valence-electron chi connectivity index (χ0n) is 21.6. The molecule has 0 bridgehead atoms.